The monoisotopic (exact) mass is 302 g/mol. The van der Waals surface area contributed by atoms with Gasteiger partial charge in [-0.05, 0) is 36.8 Å². The summed E-state index contributed by atoms with van der Waals surface area (Å²) in [4.78, 5) is 0. The number of rotatable bonds is 2. The van der Waals surface area contributed by atoms with E-state index >= 15 is 0 Å². The third kappa shape index (κ3) is 2.28. The molecule has 0 spiro atoms. The summed E-state index contributed by atoms with van der Waals surface area (Å²) >= 11 is 7.45. The van der Waals surface area contributed by atoms with Gasteiger partial charge in [-0.3, -0.25) is 0 Å². The van der Waals surface area contributed by atoms with Gasteiger partial charge in [0.15, 0.2) is 10.8 Å². The average molecular weight is 303 g/mol. The van der Waals surface area contributed by atoms with Gasteiger partial charge in [-0.25, -0.2) is 0 Å². The fraction of sp³-hybridized carbons (Fsp3) is 0.0667. The molecular weight excluding hydrogens is 292 g/mol. The first-order chi connectivity index (χ1) is 9.66. The van der Waals surface area contributed by atoms with Crippen LogP contribution in [0.2, 0.25) is 5.02 Å². The summed E-state index contributed by atoms with van der Waals surface area (Å²) in [6.07, 6.45) is 0. The minimum Gasteiger partial charge on any atom is -0.504 e. The predicted molar refractivity (Wildman–Crippen MR) is 83.9 cm³/mol. The van der Waals surface area contributed by atoms with Crippen molar-refractivity contribution in [2.75, 3.05) is 0 Å². The Kier molecular flexibility index (Phi) is 3.42. The normalized spacial score (nSPS) is 11.5. The number of hydrogen-bond donors (Lipinski definition) is 1. The van der Waals surface area contributed by atoms with Crippen molar-refractivity contribution in [3.63, 3.8) is 0 Å². The zero-order valence-electron chi connectivity index (χ0n) is 10.7. The van der Waals surface area contributed by atoms with Crippen LogP contribution < -0.4 is 0 Å². The summed E-state index contributed by atoms with van der Waals surface area (Å²) in [7, 11) is 0. The molecule has 0 fully saturated rings. The Balaban J connectivity index is 2.02. The summed E-state index contributed by atoms with van der Waals surface area (Å²) in [5, 5.41) is 20.4. The summed E-state index contributed by atoms with van der Waals surface area (Å²) in [5.74, 6) is 0.175. The second-order valence-corrected chi connectivity index (χ2v) is 5.77. The van der Waals surface area contributed by atoms with Crippen molar-refractivity contribution in [3.05, 3.63) is 53.1 Å². The number of halogens is 1. The molecular formula is C15H11ClN2OS. The number of azo groups is 1. The molecule has 0 saturated heterocycles. The third-order valence-corrected chi connectivity index (χ3v) is 4.49. The van der Waals surface area contributed by atoms with E-state index in [2.05, 4.69) is 10.2 Å². The second-order valence-electron chi connectivity index (χ2n) is 4.34. The van der Waals surface area contributed by atoms with Gasteiger partial charge in [0.25, 0.3) is 0 Å². The Morgan fingerprint density at radius 2 is 1.85 bits per heavy atom. The van der Waals surface area contributed by atoms with Crippen LogP contribution in [0.3, 0.4) is 0 Å². The SMILES string of the molecule is Cc1c(Cl)cccc1N=Nc1sc2ccccc2c1O. The maximum Gasteiger partial charge on any atom is 0.181 e. The minimum atomic E-state index is 0.175. The lowest BCUT2D eigenvalue weighted by atomic mass is 10.2. The van der Waals surface area contributed by atoms with Crippen LogP contribution in [0.1, 0.15) is 5.56 Å². The van der Waals surface area contributed by atoms with E-state index in [0.717, 1.165) is 15.6 Å². The van der Waals surface area contributed by atoms with Crippen molar-refractivity contribution < 1.29 is 5.11 Å². The highest BCUT2D eigenvalue weighted by molar-refractivity contribution is 7.23. The van der Waals surface area contributed by atoms with Gasteiger partial charge in [-0.2, -0.15) is 0 Å². The van der Waals surface area contributed by atoms with Crippen LogP contribution in [0.25, 0.3) is 10.1 Å². The molecule has 3 rings (SSSR count). The smallest absolute Gasteiger partial charge is 0.181 e. The maximum absolute atomic E-state index is 10.1. The quantitative estimate of drug-likeness (QED) is 0.581. The molecule has 0 atom stereocenters. The lowest BCUT2D eigenvalue weighted by molar-refractivity contribution is 0.484. The molecule has 2 aromatic carbocycles. The summed E-state index contributed by atoms with van der Waals surface area (Å²) < 4.78 is 0.988. The van der Waals surface area contributed by atoms with E-state index in [1.807, 2.05) is 49.4 Å². The highest BCUT2D eigenvalue weighted by Gasteiger charge is 2.10. The van der Waals surface area contributed by atoms with Gasteiger partial charge < -0.3 is 5.11 Å². The molecule has 1 N–H and O–H groups in total. The van der Waals surface area contributed by atoms with Gasteiger partial charge >= 0.3 is 0 Å². The molecule has 100 valence electrons. The molecule has 0 amide bonds. The first-order valence-electron chi connectivity index (χ1n) is 6.04. The fourth-order valence-corrected chi connectivity index (χ4v) is 2.98. The number of hydrogen-bond acceptors (Lipinski definition) is 4. The van der Waals surface area contributed by atoms with Crippen molar-refractivity contribution in [2.24, 2.45) is 10.2 Å². The standard InChI is InChI=1S/C15H11ClN2OS/c1-9-11(16)6-4-7-12(9)17-18-15-14(19)10-5-2-3-8-13(10)20-15/h2-8,19H,1H3. The van der Waals surface area contributed by atoms with Gasteiger partial charge in [0.05, 0.1) is 5.69 Å². The minimum absolute atomic E-state index is 0.175. The Morgan fingerprint density at radius 1 is 1.05 bits per heavy atom. The van der Waals surface area contributed by atoms with Crippen LogP contribution in [-0.2, 0) is 0 Å². The lowest BCUT2D eigenvalue weighted by Gasteiger charge is -1.99. The van der Waals surface area contributed by atoms with E-state index < -0.39 is 0 Å². The van der Waals surface area contributed by atoms with Crippen LogP contribution in [0.4, 0.5) is 10.7 Å². The molecule has 0 aliphatic rings. The average Bonchev–Trinajstić information content (AvgIpc) is 2.78. The van der Waals surface area contributed by atoms with Crippen molar-refractivity contribution >= 4 is 43.7 Å². The number of thiophene rings is 1. The fourth-order valence-electron chi connectivity index (χ4n) is 1.89. The van der Waals surface area contributed by atoms with Crippen LogP contribution in [-0.4, -0.2) is 5.11 Å². The molecule has 1 heterocycles. The second kappa shape index (κ2) is 5.23. The van der Waals surface area contributed by atoms with Crippen LogP contribution in [0.15, 0.2) is 52.7 Å². The Bertz CT molecular complexity index is 811. The number of fused-ring (bicyclic) bond motifs is 1. The van der Waals surface area contributed by atoms with Crippen molar-refractivity contribution in [3.8, 4) is 5.75 Å². The van der Waals surface area contributed by atoms with E-state index in [1.54, 1.807) is 0 Å². The van der Waals surface area contributed by atoms with E-state index in [0.29, 0.717) is 15.7 Å². The van der Waals surface area contributed by atoms with Crippen LogP contribution in [0.5, 0.6) is 5.75 Å². The third-order valence-electron chi connectivity index (χ3n) is 3.04. The maximum atomic E-state index is 10.1. The van der Waals surface area contributed by atoms with E-state index in [1.165, 1.54) is 11.3 Å². The Labute approximate surface area is 125 Å². The Morgan fingerprint density at radius 3 is 2.65 bits per heavy atom. The van der Waals surface area contributed by atoms with Crippen LogP contribution in [0, 0.1) is 6.92 Å². The molecule has 5 heteroatoms. The van der Waals surface area contributed by atoms with E-state index in [-0.39, 0.29) is 5.75 Å². The first-order valence-corrected chi connectivity index (χ1v) is 7.23. The van der Waals surface area contributed by atoms with Crippen molar-refractivity contribution in [2.45, 2.75) is 6.92 Å². The van der Waals surface area contributed by atoms with Gasteiger partial charge in [0.1, 0.15) is 0 Å². The molecule has 3 nitrogen and oxygen atoms in total. The molecule has 20 heavy (non-hydrogen) atoms. The zero-order valence-corrected chi connectivity index (χ0v) is 12.2. The largest absolute Gasteiger partial charge is 0.504 e. The molecule has 0 aliphatic heterocycles. The van der Waals surface area contributed by atoms with Gasteiger partial charge in [0, 0.05) is 15.1 Å². The van der Waals surface area contributed by atoms with Crippen LogP contribution >= 0.6 is 22.9 Å². The predicted octanol–water partition coefficient (Wildman–Crippen LogP) is 5.98. The van der Waals surface area contributed by atoms with Gasteiger partial charge in [0.2, 0.25) is 0 Å². The molecule has 0 saturated carbocycles. The van der Waals surface area contributed by atoms with Crippen molar-refractivity contribution in [1.29, 1.82) is 0 Å². The van der Waals surface area contributed by atoms with Gasteiger partial charge in [-0.1, -0.05) is 29.8 Å². The highest BCUT2D eigenvalue weighted by Crippen LogP contribution is 2.43. The lowest BCUT2D eigenvalue weighted by Crippen LogP contribution is -1.74. The zero-order chi connectivity index (χ0) is 14.1. The summed E-state index contributed by atoms with van der Waals surface area (Å²) in [5.41, 5.74) is 1.58. The molecule has 0 radical (unpaired) electrons. The van der Waals surface area contributed by atoms with E-state index in [4.69, 9.17) is 11.6 Å². The topological polar surface area (TPSA) is 45.0 Å². The number of nitrogens with zero attached hydrogens (tertiary/aromatic N) is 2. The number of aromatic hydroxyl groups is 1. The van der Waals surface area contributed by atoms with Crippen molar-refractivity contribution in [1.82, 2.24) is 0 Å². The number of benzene rings is 2. The molecule has 3 aromatic rings. The summed E-state index contributed by atoms with van der Waals surface area (Å²) in [6, 6.07) is 13.1. The first kappa shape index (κ1) is 13.1. The molecule has 0 bridgehead atoms. The van der Waals surface area contributed by atoms with Gasteiger partial charge in [-0.15, -0.1) is 21.6 Å². The Hall–Kier alpha value is -1.91. The molecule has 0 aliphatic carbocycles. The molecule has 1 aromatic heterocycles. The summed E-state index contributed by atoms with van der Waals surface area (Å²) in [6.45, 7) is 1.89. The highest BCUT2D eigenvalue weighted by atomic mass is 35.5. The molecule has 0 unspecified atom stereocenters. The van der Waals surface area contributed by atoms with E-state index in [9.17, 15) is 5.11 Å².